The Kier molecular flexibility index (Phi) is 12.1. The molecule has 0 aliphatic heterocycles. The van der Waals surface area contributed by atoms with Crippen LogP contribution in [0, 0.1) is 0 Å². The van der Waals surface area contributed by atoms with Gasteiger partial charge in [0.25, 0.3) is 0 Å². The molecular weight excluding hydrogens is 382 g/mol. The molecule has 0 saturated heterocycles. The Balaban J connectivity index is -0.00000110. The van der Waals surface area contributed by atoms with Crippen molar-refractivity contribution in [3.05, 3.63) is 46.3 Å². The minimum atomic E-state index is -2.15. The maximum absolute atomic E-state index is 10.8. The van der Waals surface area contributed by atoms with Gasteiger partial charge in [0.2, 0.25) is 20.6 Å². The molecule has 0 aromatic rings. The van der Waals surface area contributed by atoms with Gasteiger partial charge in [0.1, 0.15) is 0 Å². The summed E-state index contributed by atoms with van der Waals surface area (Å²) in [4.78, 5) is 2.74. The molecule has 2 aliphatic rings. The molecule has 10 heteroatoms. The van der Waals surface area contributed by atoms with Crippen LogP contribution < -0.4 is 59.1 Å². The molecule has 4 nitrogen and oxygen atoms in total. The first-order valence-corrected chi connectivity index (χ1v) is 9.87. The number of hydrogen-bond donors (Lipinski definition) is 0. The molecule has 0 heterocycles. The quantitative estimate of drug-likeness (QED) is 0.280. The molecule has 0 atom stereocenters. The Hall–Kier alpha value is 1.04. The molecule has 0 N–H and O–H groups in total. The Morgan fingerprint density at radius 3 is 1.32 bits per heavy atom. The molecule has 0 spiro atoms. The zero-order valence-electron chi connectivity index (χ0n) is 14.1. The predicted octanol–water partition coefficient (Wildman–Crippen LogP) is -3.61. The molecule has 0 bridgehead atoms. The summed E-state index contributed by atoms with van der Waals surface area (Å²) < 4.78 is 43.0. The van der Waals surface area contributed by atoms with E-state index in [-0.39, 0.29) is 62.0 Å². The molecule has 22 heavy (non-hydrogen) atoms. The van der Waals surface area contributed by atoms with Gasteiger partial charge in [-0.05, 0) is 24.3 Å². The van der Waals surface area contributed by atoms with Crippen molar-refractivity contribution in [1.29, 1.82) is 0 Å². The van der Waals surface area contributed by atoms with Gasteiger partial charge in [0.15, 0.2) is 0 Å². The van der Waals surface area contributed by atoms with E-state index in [1.165, 1.54) is 21.6 Å². The van der Waals surface area contributed by atoms with Crippen molar-refractivity contribution < 1.29 is 78.8 Å². The summed E-state index contributed by atoms with van der Waals surface area (Å²) in [6, 6.07) is 0. The van der Waals surface area contributed by atoms with Gasteiger partial charge in [-0.3, -0.25) is 0 Å². The average Bonchev–Trinajstić information content (AvgIpc) is 2.46. The Labute approximate surface area is 187 Å². The van der Waals surface area contributed by atoms with Crippen LogP contribution in [0.25, 0.3) is 0 Å². The van der Waals surface area contributed by atoms with Gasteiger partial charge in [-0.15, -0.1) is 0 Å². The number of allylic oxidation sites excluding steroid dienone is 6. The van der Waals surface area contributed by atoms with E-state index in [0.717, 1.165) is 9.81 Å². The maximum Gasteiger partial charge on any atom is 1.00 e. The molecule has 110 valence electrons. The normalized spacial score (nSPS) is 16.2. The standard InChI is InChI=1S/C12H10O4S4.2Na.2H/c13-19(14)11-5-1-9(2-6-11)17-18-10-3-7-12(8-4-10)20(15)16;;;;/h1-5,7H,6,8H2;;;;/q;2*+1;2*-1. The second-order valence-corrected chi connectivity index (χ2v) is 8.12. The van der Waals surface area contributed by atoms with E-state index in [9.17, 15) is 16.8 Å². The van der Waals surface area contributed by atoms with Gasteiger partial charge in [-0.2, -0.15) is 16.8 Å². The molecule has 2 rings (SSSR count). The zero-order valence-corrected chi connectivity index (χ0v) is 19.4. The van der Waals surface area contributed by atoms with E-state index in [0.29, 0.717) is 22.6 Å². The fraction of sp³-hybridized carbons (Fsp3) is 0.167. The first kappa shape index (κ1) is 23.0. The third-order valence-electron chi connectivity index (χ3n) is 2.54. The maximum atomic E-state index is 10.8. The van der Waals surface area contributed by atoms with Crippen LogP contribution in [0.3, 0.4) is 0 Å². The topological polar surface area (TPSA) is 68.3 Å². The molecule has 0 amide bonds. The molecular formula is C12H12Na2O4S4. The van der Waals surface area contributed by atoms with Crippen molar-refractivity contribution in [3.8, 4) is 0 Å². The molecule has 0 aromatic heterocycles. The van der Waals surface area contributed by atoms with Crippen LogP contribution in [0.15, 0.2) is 46.3 Å². The number of rotatable bonds is 3. The van der Waals surface area contributed by atoms with E-state index >= 15 is 0 Å². The summed E-state index contributed by atoms with van der Waals surface area (Å²) in [7, 11) is -1.25. The minimum absolute atomic E-state index is 0. The van der Waals surface area contributed by atoms with Crippen molar-refractivity contribution in [2.45, 2.75) is 12.8 Å². The van der Waals surface area contributed by atoms with Crippen LogP contribution in [0.1, 0.15) is 15.7 Å². The van der Waals surface area contributed by atoms with E-state index in [1.807, 2.05) is 12.2 Å². The SMILES string of the molecule is O=S(=O)=C1C=CC(SSC2=CCC(=S(=O)=O)C=C2)=CC1.[H-].[H-].[Na+].[Na+]. The van der Waals surface area contributed by atoms with Crippen molar-refractivity contribution in [2.75, 3.05) is 0 Å². The summed E-state index contributed by atoms with van der Waals surface area (Å²) >= 11 is 0. The van der Waals surface area contributed by atoms with Crippen molar-refractivity contribution in [2.24, 2.45) is 0 Å². The first-order chi connectivity index (χ1) is 9.56. The third-order valence-corrected chi connectivity index (χ3v) is 6.48. The summed E-state index contributed by atoms with van der Waals surface area (Å²) in [6.07, 6.45) is 11.3. The fourth-order valence-corrected chi connectivity index (χ4v) is 4.35. The van der Waals surface area contributed by atoms with Gasteiger partial charge in [-0.25, -0.2) is 0 Å². The van der Waals surface area contributed by atoms with Gasteiger partial charge in [0, 0.05) is 22.7 Å². The first-order valence-electron chi connectivity index (χ1n) is 5.57. The summed E-state index contributed by atoms with van der Waals surface area (Å²) in [5.74, 6) is 0. The second-order valence-electron chi connectivity index (χ2n) is 3.86. The monoisotopic (exact) mass is 394 g/mol. The largest absolute Gasteiger partial charge is 1.00 e. The number of hydrogen-bond acceptors (Lipinski definition) is 6. The Morgan fingerprint density at radius 1 is 0.727 bits per heavy atom. The summed E-state index contributed by atoms with van der Waals surface area (Å²) in [5.41, 5.74) is 0. The molecule has 0 aromatic carbocycles. The van der Waals surface area contributed by atoms with Crippen LogP contribution in [0.4, 0.5) is 0 Å². The van der Waals surface area contributed by atoms with Gasteiger partial charge in [-0.1, -0.05) is 33.7 Å². The van der Waals surface area contributed by atoms with Gasteiger partial charge >= 0.3 is 59.1 Å². The second kappa shape index (κ2) is 11.6. The van der Waals surface area contributed by atoms with Crippen LogP contribution in [0.5, 0.6) is 0 Å². The van der Waals surface area contributed by atoms with E-state index < -0.39 is 20.6 Å². The van der Waals surface area contributed by atoms with Crippen molar-refractivity contribution >= 4 is 51.9 Å². The van der Waals surface area contributed by atoms with E-state index in [4.69, 9.17) is 0 Å². The Morgan fingerprint density at radius 2 is 1.09 bits per heavy atom. The van der Waals surface area contributed by atoms with Crippen molar-refractivity contribution in [1.82, 2.24) is 0 Å². The van der Waals surface area contributed by atoms with Crippen molar-refractivity contribution in [3.63, 3.8) is 0 Å². The van der Waals surface area contributed by atoms with Gasteiger partial charge in [0.05, 0.1) is 9.73 Å². The molecule has 0 radical (unpaired) electrons. The molecule has 0 saturated carbocycles. The van der Waals surface area contributed by atoms with Crippen LogP contribution in [-0.2, 0) is 20.6 Å². The van der Waals surface area contributed by atoms with Crippen LogP contribution >= 0.6 is 21.6 Å². The Bertz CT molecular complexity index is 739. The van der Waals surface area contributed by atoms with E-state index in [1.54, 1.807) is 24.3 Å². The average molecular weight is 394 g/mol. The van der Waals surface area contributed by atoms with E-state index in [2.05, 4.69) is 0 Å². The third kappa shape index (κ3) is 7.29. The summed E-state index contributed by atoms with van der Waals surface area (Å²) in [6.45, 7) is 0. The molecule has 0 unspecified atom stereocenters. The smallest absolute Gasteiger partial charge is 1.00 e. The van der Waals surface area contributed by atoms with Crippen LogP contribution in [-0.4, -0.2) is 26.6 Å². The van der Waals surface area contributed by atoms with Gasteiger partial charge < -0.3 is 2.85 Å². The summed E-state index contributed by atoms with van der Waals surface area (Å²) in [5, 5.41) is 0. The molecule has 0 fully saturated rings. The zero-order chi connectivity index (χ0) is 14.5. The van der Waals surface area contributed by atoms with Crippen LogP contribution in [0.2, 0.25) is 0 Å². The predicted molar refractivity (Wildman–Crippen MR) is 88.9 cm³/mol. The minimum Gasteiger partial charge on any atom is -1.00 e. The molecule has 2 aliphatic carbocycles. The fourth-order valence-electron chi connectivity index (χ4n) is 1.49.